The van der Waals surface area contributed by atoms with E-state index in [1.165, 1.54) is 6.07 Å². The van der Waals surface area contributed by atoms with E-state index in [1.807, 2.05) is 12.1 Å². The highest BCUT2D eigenvalue weighted by atomic mass is 19.4. The molecule has 2 fully saturated rings. The maximum Gasteiger partial charge on any atom is 0.416 e. The van der Waals surface area contributed by atoms with Crippen LogP contribution in [0.2, 0.25) is 0 Å². The molecule has 0 radical (unpaired) electrons. The first-order valence-electron chi connectivity index (χ1n) is 12.7. The molecule has 2 aliphatic rings. The molecule has 2 amide bonds. The quantitative estimate of drug-likeness (QED) is 0.481. The fourth-order valence-corrected chi connectivity index (χ4v) is 5.27. The number of aromatic nitrogens is 1. The van der Waals surface area contributed by atoms with Crippen molar-refractivity contribution in [1.82, 2.24) is 20.5 Å². The summed E-state index contributed by atoms with van der Waals surface area (Å²) in [6, 6.07) is 8.09. The molecule has 0 bridgehead atoms. The molecule has 1 aliphatic heterocycles. The van der Waals surface area contributed by atoms with E-state index in [2.05, 4.69) is 20.5 Å². The van der Waals surface area contributed by atoms with Gasteiger partial charge in [-0.15, -0.1) is 0 Å². The Morgan fingerprint density at radius 3 is 2.61 bits per heavy atom. The molecule has 0 unspecified atom stereocenters. The monoisotopic (exact) mass is 534 g/mol. The third kappa shape index (κ3) is 6.89. The molecular formula is C27H33F3N4O4. The van der Waals surface area contributed by atoms with E-state index >= 15 is 0 Å². The number of pyridine rings is 1. The van der Waals surface area contributed by atoms with E-state index in [0.717, 1.165) is 49.6 Å². The van der Waals surface area contributed by atoms with Gasteiger partial charge in [0, 0.05) is 44.0 Å². The van der Waals surface area contributed by atoms with E-state index < -0.39 is 29.2 Å². The molecule has 1 atom stereocenters. The van der Waals surface area contributed by atoms with Gasteiger partial charge in [0.15, 0.2) is 0 Å². The van der Waals surface area contributed by atoms with E-state index in [4.69, 9.17) is 4.74 Å². The minimum Gasteiger partial charge on any atom is -0.384 e. The number of carbonyl (C=O) groups is 2. The summed E-state index contributed by atoms with van der Waals surface area (Å²) >= 11 is 0. The van der Waals surface area contributed by atoms with Crippen molar-refractivity contribution in [2.75, 3.05) is 26.7 Å². The van der Waals surface area contributed by atoms with Gasteiger partial charge in [-0.2, -0.15) is 13.2 Å². The second-order valence-electron chi connectivity index (χ2n) is 10.1. The Hall–Kier alpha value is -3.02. The molecule has 206 valence electrons. The van der Waals surface area contributed by atoms with Crippen LogP contribution in [0, 0.1) is 0 Å². The van der Waals surface area contributed by atoms with Crippen molar-refractivity contribution in [2.24, 2.45) is 0 Å². The fourth-order valence-electron chi connectivity index (χ4n) is 5.27. The highest BCUT2D eigenvalue weighted by molar-refractivity contribution is 5.96. The largest absolute Gasteiger partial charge is 0.416 e. The summed E-state index contributed by atoms with van der Waals surface area (Å²) in [7, 11) is 1.62. The van der Waals surface area contributed by atoms with Crippen molar-refractivity contribution >= 4 is 11.8 Å². The van der Waals surface area contributed by atoms with Gasteiger partial charge >= 0.3 is 6.18 Å². The number of benzene rings is 1. The summed E-state index contributed by atoms with van der Waals surface area (Å²) in [4.78, 5) is 31.4. The predicted molar refractivity (Wildman–Crippen MR) is 133 cm³/mol. The first kappa shape index (κ1) is 28.0. The van der Waals surface area contributed by atoms with Gasteiger partial charge in [0.2, 0.25) is 5.91 Å². The lowest BCUT2D eigenvalue weighted by Gasteiger charge is -2.39. The van der Waals surface area contributed by atoms with Crippen LogP contribution in [-0.4, -0.2) is 65.6 Å². The zero-order chi connectivity index (χ0) is 27.3. The van der Waals surface area contributed by atoms with Crippen LogP contribution in [0.15, 0.2) is 42.6 Å². The van der Waals surface area contributed by atoms with Crippen LogP contribution in [0.3, 0.4) is 0 Å². The number of nitrogens with one attached hydrogen (secondary N) is 2. The summed E-state index contributed by atoms with van der Waals surface area (Å²) < 4.78 is 43.7. The highest BCUT2D eigenvalue weighted by Crippen LogP contribution is 2.38. The minimum absolute atomic E-state index is 0.0798. The number of hydrogen-bond donors (Lipinski definition) is 3. The molecule has 2 aromatic rings. The normalized spacial score (nSPS) is 24.2. The van der Waals surface area contributed by atoms with Crippen molar-refractivity contribution < 1.29 is 32.6 Å². The van der Waals surface area contributed by atoms with Gasteiger partial charge in [0.1, 0.15) is 5.60 Å². The van der Waals surface area contributed by atoms with Crippen molar-refractivity contribution in [3.05, 3.63) is 65.0 Å². The number of likely N-dealkylation sites (tertiary alicyclic amines) is 1. The Bertz CT molecular complexity index is 1120. The molecule has 1 aromatic carbocycles. The van der Waals surface area contributed by atoms with Crippen molar-refractivity contribution in [1.29, 1.82) is 0 Å². The average Bonchev–Trinajstić information content (AvgIpc) is 3.36. The van der Waals surface area contributed by atoms with E-state index in [-0.39, 0.29) is 18.2 Å². The van der Waals surface area contributed by atoms with Gasteiger partial charge in [-0.1, -0.05) is 12.1 Å². The van der Waals surface area contributed by atoms with Crippen LogP contribution >= 0.6 is 0 Å². The minimum atomic E-state index is -4.55. The number of carbonyl (C=O) groups excluding carboxylic acids is 2. The predicted octanol–water partition coefficient (Wildman–Crippen LogP) is 3.00. The lowest BCUT2D eigenvalue weighted by Crippen LogP contribution is -2.45. The second-order valence-corrected chi connectivity index (χ2v) is 10.1. The van der Waals surface area contributed by atoms with E-state index in [9.17, 15) is 27.9 Å². The number of methoxy groups -OCH3 is 1. The first-order chi connectivity index (χ1) is 18.1. The maximum absolute atomic E-state index is 12.9. The third-order valence-corrected chi connectivity index (χ3v) is 7.36. The zero-order valence-corrected chi connectivity index (χ0v) is 21.3. The topological polar surface area (TPSA) is 104 Å². The van der Waals surface area contributed by atoms with Gasteiger partial charge in [-0.3, -0.25) is 19.5 Å². The van der Waals surface area contributed by atoms with Gasteiger partial charge < -0.3 is 20.5 Å². The van der Waals surface area contributed by atoms with E-state index in [0.29, 0.717) is 37.7 Å². The van der Waals surface area contributed by atoms with Crippen molar-refractivity contribution in [2.45, 2.75) is 62.6 Å². The molecule has 0 spiro atoms. The number of rotatable bonds is 8. The lowest BCUT2D eigenvalue weighted by atomic mass is 9.79. The number of ether oxygens (including phenoxy) is 1. The molecule has 4 rings (SSSR count). The molecule has 3 N–H and O–H groups in total. The van der Waals surface area contributed by atoms with Gasteiger partial charge in [-0.05, 0) is 61.9 Å². The summed E-state index contributed by atoms with van der Waals surface area (Å²) in [6.07, 6.45) is 0.769. The average molecular weight is 535 g/mol. The molecular weight excluding hydrogens is 501 g/mol. The number of hydrogen-bond acceptors (Lipinski definition) is 6. The molecule has 2 heterocycles. The van der Waals surface area contributed by atoms with Crippen molar-refractivity contribution in [3.63, 3.8) is 0 Å². The standard InChI is InChI=1S/C27H33F3N4O4/c1-38-17-18-5-6-23(31-14-18)26(37)10-7-22(8-11-26)34-12-9-21(16-34)33-24(35)15-32-25(36)19-3-2-4-20(13-19)27(28,29)30/h2-6,13-14,21-22,37H,7-12,15-17H2,1H3,(H,32,36)(H,33,35)/t21-,22-,26-/m1/s1. The molecule has 1 saturated carbocycles. The van der Waals surface area contributed by atoms with Crippen LogP contribution < -0.4 is 10.6 Å². The Labute approximate surface area is 219 Å². The summed E-state index contributed by atoms with van der Waals surface area (Å²) in [6.45, 7) is 1.63. The second kappa shape index (κ2) is 11.8. The van der Waals surface area contributed by atoms with E-state index in [1.54, 1.807) is 13.3 Å². The number of amides is 2. The number of nitrogens with zero attached hydrogens (tertiary/aromatic N) is 2. The Morgan fingerprint density at radius 1 is 1.18 bits per heavy atom. The molecule has 11 heteroatoms. The highest BCUT2D eigenvalue weighted by Gasteiger charge is 2.39. The van der Waals surface area contributed by atoms with Crippen molar-refractivity contribution in [3.8, 4) is 0 Å². The number of aliphatic hydroxyl groups is 1. The number of halogens is 3. The maximum atomic E-state index is 12.9. The Balaban J connectivity index is 1.21. The van der Waals surface area contributed by atoms with Gasteiger partial charge in [0.05, 0.1) is 24.4 Å². The van der Waals surface area contributed by atoms with Crippen LogP contribution in [0.1, 0.15) is 59.3 Å². The molecule has 8 nitrogen and oxygen atoms in total. The Morgan fingerprint density at radius 2 is 1.95 bits per heavy atom. The summed E-state index contributed by atoms with van der Waals surface area (Å²) in [5.74, 6) is -1.13. The smallest absolute Gasteiger partial charge is 0.384 e. The fraction of sp³-hybridized carbons (Fsp3) is 0.519. The van der Waals surface area contributed by atoms with Crippen LogP contribution in [0.5, 0.6) is 0 Å². The van der Waals surface area contributed by atoms with Crippen LogP contribution in [0.4, 0.5) is 13.2 Å². The zero-order valence-electron chi connectivity index (χ0n) is 21.3. The van der Waals surface area contributed by atoms with Crippen LogP contribution in [-0.2, 0) is 27.9 Å². The SMILES string of the molecule is COCc1ccc([C@]2(O)CC[C@H](N3CC[C@@H](NC(=O)CNC(=O)c4cccc(C(F)(F)F)c4)C3)CC2)nc1. The molecule has 38 heavy (non-hydrogen) atoms. The third-order valence-electron chi connectivity index (χ3n) is 7.36. The first-order valence-corrected chi connectivity index (χ1v) is 12.7. The lowest BCUT2D eigenvalue weighted by molar-refractivity contribution is -0.137. The summed E-state index contributed by atoms with van der Waals surface area (Å²) in [5, 5.41) is 16.5. The summed E-state index contributed by atoms with van der Waals surface area (Å²) in [5.41, 5.74) is -0.396. The molecule has 1 aromatic heterocycles. The van der Waals surface area contributed by atoms with Gasteiger partial charge in [-0.25, -0.2) is 0 Å². The molecule has 1 aliphatic carbocycles. The van der Waals surface area contributed by atoms with Gasteiger partial charge in [0.25, 0.3) is 5.91 Å². The van der Waals surface area contributed by atoms with Crippen LogP contribution in [0.25, 0.3) is 0 Å². The molecule has 1 saturated heterocycles. The Kier molecular flexibility index (Phi) is 8.69. The number of alkyl halides is 3.